The van der Waals surface area contributed by atoms with Crippen molar-refractivity contribution >= 4 is 33.3 Å². The van der Waals surface area contributed by atoms with Gasteiger partial charge in [0.1, 0.15) is 17.2 Å². The number of methoxy groups -OCH3 is 2. The second-order valence-corrected chi connectivity index (χ2v) is 8.10. The van der Waals surface area contributed by atoms with Gasteiger partial charge in [0.25, 0.3) is 15.7 Å². The molecule has 0 aliphatic heterocycles. The maximum Gasteiger partial charge on any atom is 0.295 e. The maximum absolute atomic E-state index is 12.7. The van der Waals surface area contributed by atoms with Crippen molar-refractivity contribution < 1.29 is 22.8 Å². The summed E-state index contributed by atoms with van der Waals surface area (Å²) >= 11 is 0. The lowest BCUT2D eigenvalue weighted by molar-refractivity contribution is -0.384. The summed E-state index contributed by atoms with van der Waals surface area (Å²) in [7, 11) is -0.998. The van der Waals surface area contributed by atoms with Gasteiger partial charge in [-0.1, -0.05) is 0 Å². The number of nitrogens with one attached hydrogen (secondary N) is 2. The molecule has 0 aromatic heterocycles. The summed E-state index contributed by atoms with van der Waals surface area (Å²) in [6.07, 6.45) is 1.47. The first-order valence-electron chi connectivity index (χ1n) is 9.21. The van der Waals surface area contributed by atoms with E-state index in [2.05, 4.69) is 15.2 Å². The van der Waals surface area contributed by atoms with E-state index >= 15 is 0 Å². The first-order valence-corrected chi connectivity index (χ1v) is 10.7. The van der Waals surface area contributed by atoms with Gasteiger partial charge < -0.3 is 9.47 Å². The van der Waals surface area contributed by atoms with E-state index in [9.17, 15) is 18.5 Å². The molecule has 0 aliphatic carbocycles. The van der Waals surface area contributed by atoms with Crippen LogP contribution in [-0.2, 0) is 10.0 Å². The second kappa shape index (κ2) is 9.79. The molecule has 0 saturated heterocycles. The smallest absolute Gasteiger partial charge is 0.295 e. The van der Waals surface area contributed by atoms with Crippen molar-refractivity contribution in [2.45, 2.75) is 4.90 Å². The van der Waals surface area contributed by atoms with Gasteiger partial charge in [0.05, 0.1) is 30.3 Å². The molecule has 0 saturated carbocycles. The van der Waals surface area contributed by atoms with Crippen LogP contribution in [0, 0.1) is 10.1 Å². The summed E-state index contributed by atoms with van der Waals surface area (Å²) in [5.41, 5.74) is 3.22. The predicted molar refractivity (Wildman–Crippen MR) is 121 cm³/mol. The van der Waals surface area contributed by atoms with Crippen LogP contribution in [0.4, 0.5) is 17.1 Å². The Labute approximate surface area is 184 Å². The van der Waals surface area contributed by atoms with Gasteiger partial charge in [-0.15, -0.1) is 0 Å². The summed E-state index contributed by atoms with van der Waals surface area (Å²) in [5.74, 6) is 1.25. The molecule has 166 valence electrons. The quantitative estimate of drug-likeness (QED) is 0.284. The Morgan fingerprint density at radius 1 is 0.938 bits per heavy atom. The zero-order chi connectivity index (χ0) is 23.1. The molecule has 0 heterocycles. The summed E-state index contributed by atoms with van der Waals surface area (Å²) in [6, 6.07) is 16.8. The molecule has 32 heavy (non-hydrogen) atoms. The van der Waals surface area contributed by atoms with Crippen LogP contribution in [0.3, 0.4) is 0 Å². The third-order valence-electron chi connectivity index (χ3n) is 4.33. The number of ether oxygens (including phenoxy) is 2. The molecule has 2 N–H and O–H groups in total. The molecule has 0 atom stereocenters. The standard InChI is InChI=1S/C21H20N4O6S/c1-30-17-7-3-15(4-8-17)14-22-23-20-12-11-19(13-21(20)25(26)27)32(28,29)24-16-5-9-18(31-2)10-6-16/h3-14,23-24H,1-2H3/b22-14+. The van der Waals surface area contributed by atoms with E-state index in [1.807, 2.05) is 0 Å². The second-order valence-electron chi connectivity index (χ2n) is 6.41. The highest BCUT2D eigenvalue weighted by Crippen LogP contribution is 2.29. The summed E-state index contributed by atoms with van der Waals surface area (Å²) in [4.78, 5) is 10.6. The third-order valence-corrected chi connectivity index (χ3v) is 5.71. The van der Waals surface area contributed by atoms with Crippen molar-refractivity contribution in [2.75, 3.05) is 24.4 Å². The molecular formula is C21H20N4O6S. The molecule has 0 spiro atoms. The number of nitro groups is 1. The molecule has 10 nitrogen and oxygen atoms in total. The van der Waals surface area contributed by atoms with E-state index in [0.717, 1.165) is 11.6 Å². The summed E-state index contributed by atoms with van der Waals surface area (Å²) in [6.45, 7) is 0. The SMILES string of the molecule is COc1ccc(/C=N/Nc2ccc(S(=O)(=O)Nc3ccc(OC)cc3)cc2[N+](=O)[O-])cc1. The number of sulfonamides is 1. The lowest BCUT2D eigenvalue weighted by Gasteiger charge is -2.10. The van der Waals surface area contributed by atoms with Crippen LogP contribution in [0.15, 0.2) is 76.7 Å². The summed E-state index contributed by atoms with van der Waals surface area (Å²) in [5, 5.41) is 15.5. The van der Waals surface area contributed by atoms with Crippen LogP contribution in [0.2, 0.25) is 0 Å². The minimum Gasteiger partial charge on any atom is -0.497 e. The van der Waals surface area contributed by atoms with Gasteiger partial charge in [0.15, 0.2) is 0 Å². The van der Waals surface area contributed by atoms with Gasteiger partial charge in [0, 0.05) is 11.8 Å². The predicted octanol–water partition coefficient (Wildman–Crippen LogP) is 3.86. The van der Waals surface area contributed by atoms with Gasteiger partial charge in [0.2, 0.25) is 0 Å². The van der Waals surface area contributed by atoms with Crippen molar-refractivity contribution in [3.05, 3.63) is 82.4 Å². The van der Waals surface area contributed by atoms with E-state index in [1.165, 1.54) is 37.6 Å². The van der Waals surface area contributed by atoms with E-state index in [-0.39, 0.29) is 10.6 Å². The lowest BCUT2D eigenvalue weighted by atomic mass is 10.2. The Hall–Kier alpha value is -4.12. The fraction of sp³-hybridized carbons (Fsp3) is 0.0952. The number of hydrazone groups is 1. The van der Waals surface area contributed by atoms with Gasteiger partial charge >= 0.3 is 0 Å². The van der Waals surface area contributed by atoms with Crippen LogP contribution < -0.4 is 19.6 Å². The maximum atomic E-state index is 12.7. The monoisotopic (exact) mass is 456 g/mol. The van der Waals surface area contributed by atoms with E-state index in [0.29, 0.717) is 17.2 Å². The molecular weight excluding hydrogens is 436 g/mol. The average molecular weight is 456 g/mol. The van der Waals surface area contributed by atoms with Gasteiger partial charge in [-0.2, -0.15) is 5.10 Å². The Kier molecular flexibility index (Phi) is 6.90. The Bertz CT molecular complexity index is 1230. The third kappa shape index (κ3) is 5.52. The largest absolute Gasteiger partial charge is 0.497 e. The van der Waals surface area contributed by atoms with Crippen molar-refractivity contribution in [1.82, 2.24) is 0 Å². The Morgan fingerprint density at radius 3 is 2.09 bits per heavy atom. The normalized spacial score (nSPS) is 11.2. The lowest BCUT2D eigenvalue weighted by Crippen LogP contribution is -2.13. The zero-order valence-corrected chi connectivity index (χ0v) is 18.0. The Morgan fingerprint density at radius 2 is 1.53 bits per heavy atom. The van der Waals surface area contributed by atoms with E-state index < -0.39 is 20.6 Å². The number of nitrogens with zero attached hydrogens (tertiary/aromatic N) is 2. The van der Waals surface area contributed by atoms with Crippen molar-refractivity contribution in [3.8, 4) is 11.5 Å². The molecule has 3 aromatic rings. The molecule has 11 heteroatoms. The summed E-state index contributed by atoms with van der Waals surface area (Å²) < 4.78 is 37.8. The molecule has 0 unspecified atom stereocenters. The number of hydrogen-bond donors (Lipinski definition) is 2. The molecule has 3 aromatic carbocycles. The highest BCUT2D eigenvalue weighted by Gasteiger charge is 2.21. The topological polar surface area (TPSA) is 132 Å². The van der Waals surface area contributed by atoms with Gasteiger partial charge in [-0.3, -0.25) is 20.3 Å². The van der Waals surface area contributed by atoms with Crippen molar-refractivity contribution in [1.29, 1.82) is 0 Å². The van der Waals surface area contributed by atoms with Crippen LogP contribution in [0.1, 0.15) is 5.56 Å². The number of benzene rings is 3. The van der Waals surface area contributed by atoms with Crippen LogP contribution in [-0.4, -0.2) is 33.8 Å². The highest BCUT2D eigenvalue weighted by atomic mass is 32.2. The van der Waals surface area contributed by atoms with Gasteiger partial charge in [-0.05, 0) is 66.2 Å². The number of rotatable bonds is 9. The fourth-order valence-corrected chi connectivity index (χ4v) is 3.74. The minimum atomic E-state index is -4.05. The molecule has 0 aliphatic rings. The molecule has 0 radical (unpaired) electrons. The zero-order valence-electron chi connectivity index (χ0n) is 17.2. The van der Waals surface area contributed by atoms with Crippen LogP contribution in [0.5, 0.6) is 11.5 Å². The van der Waals surface area contributed by atoms with Crippen molar-refractivity contribution in [3.63, 3.8) is 0 Å². The van der Waals surface area contributed by atoms with Crippen molar-refractivity contribution in [2.24, 2.45) is 5.10 Å². The number of nitro benzene ring substituents is 1. The molecule has 0 amide bonds. The Balaban J connectivity index is 1.79. The molecule has 0 fully saturated rings. The van der Waals surface area contributed by atoms with Crippen LogP contribution >= 0.6 is 0 Å². The van der Waals surface area contributed by atoms with Gasteiger partial charge in [-0.25, -0.2) is 8.42 Å². The molecule has 3 rings (SSSR count). The first-order chi connectivity index (χ1) is 15.3. The van der Waals surface area contributed by atoms with E-state index in [1.54, 1.807) is 43.5 Å². The minimum absolute atomic E-state index is 0.0446. The van der Waals surface area contributed by atoms with Crippen LogP contribution in [0.25, 0.3) is 0 Å². The fourth-order valence-electron chi connectivity index (χ4n) is 2.66. The highest BCUT2D eigenvalue weighted by molar-refractivity contribution is 7.92. The first kappa shape index (κ1) is 22.6. The number of anilines is 2. The molecule has 0 bridgehead atoms. The number of hydrogen-bond acceptors (Lipinski definition) is 8. The van der Waals surface area contributed by atoms with E-state index in [4.69, 9.17) is 9.47 Å². The average Bonchev–Trinajstić information content (AvgIpc) is 2.79.